The summed E-state index contributed by atoms with van der Waals surface area (Å²) in [5, 5.41) is 7.46. The maximum absolute atomic E-state index is 11.2. The van der Waals surface area contributed by atoms with Gasteiger partial charge in [0, 0.05) is 35.0 Å². The lowest BCUT2D eigenvalue weighted by atomic mass is 9.99. The topological polar surface area (TPSA) is 41.1 Å². The fraction of sp³-hybridized carbons (Fsp3) is 0.533. The van der Waals surface area contributed by atoms with Gasteiger partial charge in [-0.1, -0.05) is 11.6 Å². The summed E-state index contributed by atoms with van der Waals surface area (Å²) in [6, 6.07) is 6.90. The number of carbonyl (C=O) groups is 1. The second kappa shape index (κ2) is 6.37. The smallest absolute Gasteiger partial charge is 0.220 e. The molecule has 20 heavy (non-hydrogen) atoms. The summed E-state index contributed by atoms with van der Waals surface area (Å²) >= 11 is 8.08. The third-order valence-corrected chi connectivity index (χ3v) is 5.36. The van der Waals surface area contributed by atoms with Crippen LogP contribution in [0.3, 0.4) is 0 Å². The molecule has 0 spiro atoms. The van der Waals surface area contributed by atoms with E-state index in [1.165, 1.54) is 16.9 Å². The van der Waals surface area contributed by atoms with Gasteiger partial charge < -0.3 is 10.6 Å². The van der Waals surface area contributed by atoms with Gasteiger partial charge in [-0.25, -0.2) is 0 Å². The number of hydrogen-bond acceptors (Lipinski definition) is 3. The monoisotopic (exact) mass is 310 g/mol. The van der Waals surface area contributed by atoms with Crippen molar-refractivity contribution < 1.29 is 4.79 Å². The van der Waals surface area contributed by atoms with Gasteiger partial charge in [-0.3, -0.25) is 4.79 Å². The number of nitrogens with one attached hydrogen (secondary N) is 2. The summed E-state index contributed by atoms with van der Waals surface area (Å²) in [5.41, 5.74) is 1.32. The van der Waals surface area contributed by atoms with E-state index >= 15 is 0 Å². The van der Waals surface area contributed by atoms with Gasteiger partial charge in [0.2, 0.25) is 5.91 Å². The molecule has 1 saturated heterocycles. The fourth-order valence-electron chi connectivity index (χ4n) is 2.88. The molecule has 108 valence electrons. The van der Waals surface area contributed by atoms with Gasteiger partial charge in [0.1, 0.15) is 0 Å². The number of fused-ring (bicyclic) bond motifs is 1. The van der Waals surface area contributed by atoms with Crippen molar-refractivity contribution in [1.82, 2.24) is 10.6 Å². The lowest BCUT2D eigenvalue weighted by Crippen LogP contribution is -2.46. The van der Waals surface area contributed by atoms with Gasteiger partial charge in [0.05, 0.1) is 0 Å². The SMILES string of the molecule is O=C1CC[C@H](N[C@H]2CCCSc3ccc(Cl)cc32)CN1. The molecule has 2 aliphatic rings. The standard InChI is InChI=1S/C15H19ClN2OS/c16-10-3-5-14-12(8-10)13(2-1-7-20-14)18-11-4-6-15(19)17-9-11/h3,5,8,11,13,18H,1-2,4,6-7,9H2,(H,17,19)/t11-,13-/m0/s1. The van der Waals surface area contributed by atoms with Gasteiger partial charge in [0.15, 0.2) is 0 Å². The first-order chi connectivity index (χ1) is 9.72. The van der Waals surface area contributed by atoms with Crippen molar-refractivity contribution in [1.29, 1.82) is 0 Å². The minimum absolute atomic E-state index is 0.169. The average Bonchev–Trinajstić information content (AvgIpc) is 2.64. The van der Waals surface area contributed by atoms with Crippen LogP contribution in [0, 0.1) is 0 Å². The second-order valence-corrected chi connectivity index (χ2v) is 7.00. The van der Waals surface area contributed by atoms with E-state index in [1.807, 2.05) is 17.8 Å². The zero-order valence-electron chi connectivity index (χ0n) is 11.3. The highest BCUT2D eigenvalue weighted by Gasteiger charge is 2.24. The quantitative estimate of drug-likeness (QED) is 0.882. The molecule has 3 nitrogen and oxygen atoms in total. The van der Waals surface area contributed by atoms with E-state index in [4.69, 9.17) is 11.6 Å². The molecular weight excluding hydrogens is 292 g/mol. The molecule has 0 unspecified atom stereocenters. The number of piperidine rings is 1. The molecule has 1 fully saturated rings. The first-order valence-corrected chi connectivity index (χ1v) is 8.54. The van der Waals surface area contributed by atoms with Gasteiger partial charge in [-0.05, 0) is 48.8 Å². The van der Waals surface area contributed by atoms with E-state index in [0.717, 1.165) is 30.2 Å². The number of rotatable bonds is 2. The van der Waals surface area contributed by atoms with Gasteiger partial charge in [0.25, 0.3) is 0 Å². The maximum Gasteiger partial charge on any atom is 0.220 e. The molecule has 1 aromatic carbocycles. The van der Waals surface area contributed by atoms with Crippen molar-refractivity contribution in [3.63, 3.8) is 0 Å². The van der Waals surface area contributed by atoms with E-state index in [1.54, 1.807) is 0 Å². The minimum atomic E-state index is 0.169. The van der Waals surface area contributed by atoms with Crippen LogP contribution < -0.4 is 10.6 Å². The predicted molar refractivity (Wildman–Crippen MR) is 83.3 cm³/mol. The lowest BCUT2D eigenvalue weighted by Gasteiger charge is -2.29. The number of halogens is 1. The Labute approximate surface area is 128 Å². The molecular formula is C15H19ClN2OS. The van der Waals surface area contributed by atoms with Crippen molar-refractivity contribution in [3.05, 3.63) is 28.8 Å². The molecule has 2 N–H and O–H groups in total. The normalized spacial score (nSPS) is 26.6. The molecule has 3 rings (SSSR count). The van der Waals surface area contributed by atoms with Crippen LogP contribution in [-0.4, -0.2) is 24.2 Å². The summed E-state index contributed by atoms with van der Waals surface area (Å²) in [5.74, 6) is 1.33. The lowest BCUT2D eigenvalue weighted by molar-refractivity contribution is -0.122. The highest BCUT2D eigenvalue weighted by atomic mass is 35.5. The Morgan fingerprint density at radius 3 is 3.05 bits per heavy atom. The van der Waals surface area contributed by atoms with E-state index in [0.29, 0.717) is 18.5 Å². The number of benzene rings is 1. The Bertz CT molecular complexity index is 499. The molecule has 0 aromatic heterocycles. The van der Waals surface area contributed by atoms with Gasteiger partial charge >= 0.3 is 0 Å². The summed E-state index contributed by atoms with van der Waals surface area (Å²) in [4.78, 5) is 12.6. The first-order valence-electron chi connectivity index (χ1n) is 7.17. The average molecular weight is 311 g/mol. The van der Waals surface area contributed by atoms with Crippen molar-refractivity contribution in [2.45, 2.75) is 42.7 Å². The van der Waals surface area contributed by atoms with E-state index < -0.39 is 0 Å². The zero-order valence-corrected chi connectivity index (χ0v) is 12.9. The number of amides is 1. The molecule has 0 radical (unpaired) electrons. The van der Waals surface area contributed by atoms with Crippen LogP contribution in [0.1, 0.15) is 37.3 Å². The number of hydrogen-bond donors (Lipinski definition) is 2. The minimum Gasteiger partial charge on any atom is -0.355 e. The fourth-order valence-corrected chi connectivity index (χ4v) is 4.12. The summed E-state index contributed by atoms with van der Waals surface area (Å²) in [6.45, 7) is 0.734. The molecule has 1 amide bonds. The zero-order chi connectivity index (χ0) is 13.9. The Morgan fingerprint density at radius 2 is 2.25 bits per heavy atom. The number of thioether (sulfide) groups is 1. The van der Waals surface area contributed by atoms with Gasteiger partial charge in [-0.15, -0.1) is 11.8 Å². The van der Waals surface area contributed by atoms with Crippen molar-refractivity contribution >= 4 is 29.3 Å². The highest BCUT2D eigenvalue weighted by molar-refractivity contribution is 7.99. The van der Waals surface area contributed by atoms with Crippen LogP contribution in [-0.2, 0) is 4.79 Å². The summed E-state index contributed by atoms with van der Waals surface area (Å²) in [7, 11) is 0. The van der Waals surface area contributed by atoms with Crippen LogP contribution in [0.5, 0.6) is 0 Å². The van der Waals surface area contributed by atoms with Crippen LogP contribution in [0.25, 0.3) is 0 Å². The second-order valence-electron chi connectivity index (χ2n) is 5.43. The Balaban J connectivity index is 1.76. The van der Waals surface area contributed by atoms with Crippen molar-refractivity contribution in [3.8, 4) is 0 Å². The van der Waals surface area contributed by atoms with E-state index in [-0.39, 0.29) is 5.91 Å². The van der Waals surface area contributed by atoms with Crippen LogP contribution in [0.4, 0.5) is 0 Å². The van der Waals surface area contributed by atoms with E-state index in [2.05, 4.69) is 22.8 Å². The molecule has 2 aliphatic heterocycles. The Morgan fingerprint density at radius 1 is 1.35 bits per heavy atom. The molecule has 0 bridgehead atoms. The predicted octanol–water partition coefficient (Wildman–Crippen LogP) is 3.14. The summed E-state index contributed by atoms with van der Waals surface area (Å²) in [6.07, 6.45) is 3.88. The van der Waals surface area contributed by atoms with Crippen molar-refractivity contribution in [2.75, 3.05) is 12.3 Å². The molecule has 0 aliphatic carbocycles. The van der Waals surface area contributed by atoms with Crippen LogP contribution in [0.15, 0.2) is 23.1 Å². The van der Waals surface area contributed by atoms with Crippen LogP contribution >= 0.6 is 23.4 Å². The summed E-state index contributed by atoms with van der Waals surface area (Å²) < 4.78 is 0. The third-order valence-electron chi connectivity index (χ3n) is 3.94. The molecule has 5 heteroatoms. The molecule has 2 heterocycles. The molecule has 0 saturated carbocycles. The largest absolute Gasteiger partial charge is 0.355 e. The van der Waals surface area contributed by atoms with Crippen LogP contribution in [0.2, 0.25) is 5.02 Å². The first kappa shape index (κ1) is 14.2. The Hall–Kier alpha value is -0.710. The van der Waals surface area contributed by atoms with Gasteiger partial charge in [-0.2, -0.15) is 0 Å². The number of carbonyl (C=O) groups excluding carboxylic acids is 1. The third kappa shape index (κ3) is 3.30. The molecule has 2 atom stereocenters. The molecule has 1 aromatic rings. The highest BCUT2D eigenvalue weighted by Crippen LogP contribution is 2.36. The maximum atomic E-state index is 11.2. The van der Waals surface area contributed by atoms with E-state index in [9.17, 15) is 4.79 Å². The Kier molecular flexibility index (Phi) is 4.54. The van der Waals surface area contributed by atoms with Crippen molar-refractivity contribution in [2.24, 2.45) is 0 Å².